The Bertz CT molecular complexity index is 964. The molecule has 0 bridgehead atoms. The summed E-state index contributed by atoms with van der Waals surface area (Å²) in [4.78, 5) is 12.3. The average Bonchev–Trinajstić information content (AvgIpc) is 3.47. The molecule has 1 aromatic heterocycles. The smallest absolute Gasteiger partial charge is 0.251 e. The molecule has 1 fully saturated rings. The Morgan fingerprint density at radius 2 is 1.59 bits per heavy atom. The van der Waals surface area contributed by atoms with Crippen molar-refractivity contribution in [1.82, 2.24) is 4.57 Å². The molecule has 4 rings (SSSR count). The van der Waals surface area contributed by atoms with Crippen molar-refractivity contribution in [2.45, 2.75) is 45.6 Å². The first kappa shape index (κ1) is 17.6. The first-order chi connectivity index (χ1) is 13.1. The van der Waals surface area contributed by atoms with E-state index in [9.17, 15) is 4.79 Å². The Hall–Kier alpha value is -2.81. The zero-order valence-corrected chi connectivity index (χ0v) is 16.0. The van der Waals surface area contributed by atoms with Gasteiger partial charge >= 0.3 is 0 Å². The van der Waals surface area contributed by atoms with Crippen molar-refractivity contribution >= 4 is 5.91 Å². The van der Waals surface area contributed by atoms with Gasteiger partial charge in [-0.3, -0.25) is 4.79 Å². The van der Waals surface area contributed by atoms with Crippen molar-refractivity contribution in [3.05, 3.63) is 71.5 Å². The van der Waals surface area contributed by atoms with E-state index in [0.29, 0.717) is 11.6 Å². The van der Waals surface area contributed by atoms with Crippen LogP contribution in [0, 0.1) is 6.92 Å². The molecule has 3 aromatic rings. The number of primary amides is 1. The lowest BCUT2D eigenvalue weighted by atomic mass is 9.96. The molecule has 1 aliphatic rings. The molecule has 27 heavy (non-hydrogen) atoms. The lowest BCUT2D eigenvalue weighted by Crippen LogP contribution is -2.13. The molecule has 0 spiro atoms. The number of aromatic nitrogens is 1. The molecule has 1 saturated carbocycles. The van der Waals surface area contributed by atoms with E-state index < -0.39 is 0 Å². The largest absolute Gasteiger partial charge is 0.366 e. The van der Waals surface area contributed by atoms with E-state index in [2.05, 4.69) is 47.9 Å². The first-order valence-electron chi connectivity index (χ1n) is 9.81. The number of hydrogen-bond donors (Lipinski definition) is 1. The van der Waals surface area contributed by atoms with E-state index in [0.717, 1.165) is 29.7 Å². The van der Waals surface area contributed by atoms with Crippen molar-refractivity contribution in [1.29, 1.82) is 0 Å². The summed E-state index contributed by atoms with van der Waals surface area (Å²) in [7, 11) is 0. The molecule has 3 heteroatoms. The Morgan fingerprint density at radius 3 is 2.15 bits per heavy atom. The van der Waals surface area contributed by atoms with E-state index in [4.69, 9.17) is 5.73 Å². The SMILES string of the molecule is CCCc1c(-c2ccc(-c3ccccc3)cc2)c(C(N)=O)c(C)n1C1CC1. The number of rotatable bonds is 6. The number of amides is 1. The molecule has 0 saturated heterocycles. The second-order valence-electron chi connectivity index (χ2n) is 7.44. The monoisotopic (exact) mass is 358 g/mol. The van der Waals surface area contributed by atoms with Gasteiger partial charge in [-0.2, -0.15) is 0 Å². The van der Waals surface area contributed by atoms with Crippen molar-refractivity contribution < 1.29 is 4.79 Å². The Labute approximate surface area is 160 Å². The minimum absolute atomic E-state index is 0.327. The number of carbonyl (C=O) groups excluding carboxylic acids is 1. The molecule has 1 aliphatic carbocycles. The summed E-state index contributed by atoms with van der Waals surface area (Å²) in [5, 5.41) is 0. The van der Waals surface area contributed by atoms with Crippen LogP contribution < -0.4 is 5.73 Å². The van der Waals surface area contributed by atoms with Crippen LogP contribution in [0.5, 0.6) is 0 Å². The van der Waals surface area contributed by atoms with Gasteiger partial charge in [0.15, 0.2) is 0 Å². The molecular formula is C24H26N2O. The van der Waals surface area contributed by atoms with Crippen LogP contribution >= 0.6 is 0 Å². The van der Waals surface area contributed by atoms with Crippen LogP contribution in [0.2, 0.25) is 0 Å². The number of nitrogens with zero attached hydrogens (tertiary/aromatic N) is 1. The Balaban J connectivity index is 1.85. The van der Waals surface area contributed by atoms with Gasteiger partial charge in [-0.25, -0.2) is 0 Å². The van der Waals surface area contributed by atoms with Crippen LogP contribution in [0.4, 0.5) is 0 Å². The number of carbonyl (C=O) groups is 1. The molecule has 3 nitrogen and oxygen atoms in total. The minimum atomic E-state index is -0.327. The second-order valence-corrected chi connectivity index (χ2v) is 7.44. The van der Waals surface area contributed by atoms with Gasteiger partial charge < -0.3 is 10.3 Å². The summed E-state index contributed by atoms with van der Waals surface area (Å²) in [5.41, 5.74) is 13.3. The molecule has 0 atom stereocenters. The zero-order chi connectivity index (χ0) is 19.0. The molecule has 1 heterocycles. The fraction of sp³-hybridized carbons (Fsp3) is 0.292. The predicted molar refractivity (Wildman–Crippen MR) is 111 cm³/mol. The molecule has 0 aliphatic heterocycles. The quantitative estimate of drug-likeness (QED) is 0.620. The summed E-state index contributed by atoms with van der Waals surface area (Å²) < 4.78 is 2.38. The van der Waals surface area contributed by atoms with Crippen LogP contribution in [0.15, 0.2) is 54.6 Å². The third-order valence-electron chi connectivity index (χ3n) is 5.48. The number of hydrogen-bond acceptors (Lipinski definition) is 1. The van der Waals surface area contributed by atoms with Gasteiger partial charge in [-0.05, 0) is 42.9 Å². The molecule has 0 radical (unpaired) electrons. The fourth-order valence-corrected chi connectivity index (χ4v) is 4.15. The summed E-state index contributed by atoms with van der Waals surface area (Å²) >= 11 is 0. The van der Waals surface area contributed by atoms with Crippen LogP contribution in [0.3, 0.4) is 0 Å². The average molecular weight is 358 g/mol. The van der Waals surface area contributed by atoms with E-state index in [-0.39, 0.29) is 5.91 Å². The highest BCUT2D eigenvalue weighted by Crippen LogP contribution is 2.43. The van der Waals surface area contributed by atoms with E-state index >= 15 is 0 Å². The van der Waals surface area contributed by atoms with Gasteiger partial charge in [0, 0.05) is 23.0 Å². The highest BCUT2D eigenvalue weighted by Gasteiger charge is 2.32. The molecule has 2 N–H and O–H groups in total. The third kappa shape index (κ3) is 3.18. The van der Waals surface area contributed by atoms with Gasteiger partial charge in [0.1, 0.15) is 0 Å². The number of nitrogens with two attached hydrogens (primary N) is 1. The van der Waals surface area contributed by atoms with Gasteiger partial charge in [-0.1, -0.05) is 67.9 Å². The maximum absolute atomic E-state index is 12.3. The summed E-state index contributed by atoms with van der Waals surface area (Å²) in [6, 6.07) is 19.4. The first-order valence-corrected chi connectivity index (χ1v) is 9.81. The highest BCUT2D eigenvalue weighted by atomic mass is 16.1. The maximum atomic E-state index is 12.3. The summed E-state index contributed by atoms with van der Waals surface area (Å²) in [5.74, 6) is -0.327. The predicted octanol–water partition coefficient (Wildman–Crippen LogP) is 5.52. The highest BCUT2D eigenvalue weighted by molar-refractivity contribution is 6.02. The third-order valence-corrected chi connectivity index (χ3v) is 5.48. The Morgan fingerprint density at radius 1 is 1.00 bits per heavy atom. The van der Waals surface area contributed by atoms with Crippen LogP contribution in [0.25, 0.3) is 22.3 Å². The van der Waals surface area contributed by atoms with Crippen molar-refractivity contribution in [2.75, 3.05) is 0 Å². The van der Waals surface area contributed by atoms with E-state index in [1.165, 1.54) is 29.7 Å². The van der Waals surface area contributed by atoms with E-state index in [1.54, 1.807) is 0 Å². The van der Waals surface area contributed by atoms with Crippen LogP contribution in [0.1, 0.15) is 54.0 Å². The van der Waals surface area contributed by atoms with Gasteiger partial charge in [0.25, 0.3) is 5.91 Å². The molecule has 138 valence electrons. The zero-order valence-electron chi connectivity index (χ0n) is 16.0. The summed E-state index contributed by atoms with van der Waals surface area (Å²) in [6.45, 7) is 4.23. The lowest BCUT2D eigenvalue weighted by Gasteiger charge is -2.12. The number of benzene rings is 2. The second kappa shape index (κ2) is 7.07. The lowest BCUT2D eigenvalue weighted by molar-refractivity contribution is 0.1000. The van der Waals surface area contributed by atoms with Gasteiger partial charge in [0.2, 0.25) is 0 Å². The Kier molecular flexibility index (Phi) is 4.61. The van der Waals surface area contributed by atoms with Gasteiger partial charge in [-0.15, -0.1) is 0 Å². The minimum Gasteiger partial charge on any atom is -0.366 e. The standard InChI is InChI=1S/C24H26N2O/c1-3-7-21-23(22(24(25)27)16(2)26(21)20-14-15-20)19-12-10-18(11-13-19)17-8-5-4-6-9-17/h4-6,8-13,20H,3,7,14-15H2,1-2H3,(H2,25,27). The topological polar surface area (TPSA) is 48.0 Å². The van der Waals surface area contributed by atoms with Gasteiger partial charge in [0.05, 0.1) is 5.56 Å². The van der Waals surface area contributed by atoms with Crippen LogP contribution in [-0.2, 0) is 6.42 Å². The van der Waals surface area contributed by atoms with Crippen molar-refractivity contribution in [2.24, 2.45) is 5.73 Å². The molecule has 0 unspecified atom stereocenters. The maximum Gasteiger partial charge on any atom is 0.251 e. The molecule has 2 aromatic carbocycles. The normalized spacial score (nSPS) is 13.7. The van der Waals surface area contributed by atoms with Crippen molar-refractivity contribution in [3.8, 4) is 22.3 Å². The van der Waals surface area contributed by atoms with Crippen LogP contribution in [-0.4, -0.2) is 10.5 Å². The fourth-order valence-electron chi connectivity index (χ4n) is 4.15. The molecular weight excluding hydrogens is 332 g/mol. The van der Waals surface area contributed by atoms with Crippen molar-refractivity contribution in [3.63, 3.8) is 0 Å². The van der Waals surface area contributed by atoms with E-state index in [1.807, 2.05) is 25.1 Å². The summed E-state index contributed by atoms with van der Waals surface area (Å²) in [6.07, 6.45) is 4.39. The molecule has 1 amide bonds.